The molecule has 3 fully saturated rings. The zero-order valence-corrected chi connectivity index (χ0v) is 13.7. The second-order valence-corrected chi connectivity index (χ2v) is 6.98. The van der Waals surface area contributed by atoms with Crippen molar-refractivity contribution in [2.45, 2.75) is 75.9 Å². The number of ether oxygens (including phenoxy) is 5. The third-order valence-corrected chi connectivity index (χ3v) is 4.24. The summed E-state index contributed by atoms with van der Waals surface area (Å²) >= 11 is 5.49. The van der Waals surface area contributed by atoms with Gasteiger partial charge >= 0.3 is 5.97 Å². The Kier molecular flexibility index (Phi) is 3.95. The van der Waals surface area contributed by atoms with Crippen LogP contribution >= 0.6 is 11.6 Å². The van der Waals surface area contributed by atoms with Gasteiger partial charge in [0.1, 0.15) is 36.4 Å². The highest BCUT2D eigenvalue weighted by atomic mass is 35.5. The Morgan fingerprint density at radius 2 is 1.45 bits per heavy atom. The maximum atomic E-state index is 11.6. The Balaban J connectivity index is 1.90. The Hall–Kier alpha value is -0.440. The van der Waals surface area contributed by atoms with Gasteiger partial charge in [-0.2, -0.15) is 0 Å². The Labute approximate surface area is 133 Å². The van der Waals surface area contributed by atoms with Crippen molar-refractivity contribution in [2.75, 3.05) is 5.88 Å². The molecule has 126 valence electrons. The number of fused-ring (bicyclic) bond motifs is 3. The molecule has 1 N–H and O–H groups in total. The molecule has 0 bridgehead atoms. The van der Waals surface area contributed by atoms with Crippen molar-refractivity contribution >= 4 is 17.6 Å². The Bertz CT molecular complexity index is 466. The molecule has 0 aromatic carbocycles. The zero-order chi connectivity index (χ0) is 16.3. The minimum Gasteiger partial charge on any atom is -0.456 e. The van der Waals surface area contributed by atoms with Crippen LogP contribution in [0.5, 0.6) is 0 Å². The van der Waals surface area contributed by atoms with E-state index < -0.39 is 54.2 Å². The monoisotopic (exact) mass is 336 g/mol. The molecular weight excluding hydrogens is 316 g/mol. The van der Waals surface area contributed by atoms with Crippen molar-refractivity contribution in [2.24, 2.45) is 0 Å². The molecule has 3 aliphatic rings. The topological polar surface area (TPSA) is 83.5 Å². The van der Waals surface area contributed by atoms with E-state index in [0.717, 1.165) is 0 Å². The summed E-state index contributed by atoms with van der Waals surface area (Å²) in [6, 6.07) is 0. The van der Waals surface area contributed by atoms with Crippen LogP contribution in [-0.4, -0.2) is 65.2 Å². The summed E-state index contributed by atoms with van der Waals surface area (Å²) in [4.78, 5) is 11.6. The molecule has 0 aromatic rings. The highest BCUT2D eigenvalue weighted by molar-refractivity contribution is 6.26. The van der Waals surface area contributed by atoms with Gasteiger partial charge in [0.15, 0.2) is 17.7 Å². The van der Waals surface area contributed by atoms with E-state index in [0.29, 0.717) is 0 Å². The molecule has 1 saturated carbocycles. The number of aliphatic hydroxyl groups excluding tert-OH is 1. The number of rotatable bonds is 2. The molecule has 0 radical (unpaired) electrons. The van der Waals surface area contributed by atoms with Gasteiger partial charge in [-0.05, 0) is 27.7 Å². The lowest BCUT2D eigenvalue weighted by Gasteiger charge is -2.40. The molecule has 2 saturated heterocycles. The molecule has 3 rings (SSSR count). The molecule has 2 aliphatic heterocycles. The van der Waals surface area contributed by atoms with Crippen molar-refractivity contribution in [3.8, 4) is 0 Å². The van der Waals surface area contributed by atoms with E-state index in [4.69, 9.17) is 35.3 Å². The minimum atomic E-state index is -1.09. The van der Waals surface area contributed by atoms with Gasteiger partial charge in [-0.25, -0.2) is 0 Å². The van der Waals surface area contributed by atoms with E-state index in [1.165, 1.54) is 0 Å². The quantitative estimate of drug-likeness (QED) is 0.582. The second kappa shape index (κ2) is 5.29. The molecule has 1 aliphatic carbocycles. The highest BCUT2D eigenvalue weighted by Gasteiger charge is 2.64. The van der Waals surface area contributed by atoms with E-state index in [1.54, 1.807) is 27.7 Å². The van der Waals surface area contributed by atoms with Crippen LogP contribution in [0.25, 0.3) is 0 Å². The first-order chi connectivity index (χ1) is 10.1. The SMILES string of the molecule is CC1(C)O[C@H]2[C@@H]3OC(C)(C)O[C@@H]3[C@@H](O)[C@H](OC(=O)CCl)[C@H]2O1. The average Bonchev–Trinajstić information content (AvgIpc) is 2.90. The van der Waals surface area contributed by atoms with Gasteiger partial charge in [0.2, 0.25) is 0 Å². The van der Waals surface area contributed by atoms with Crippen LogP contribution < -0.4 is 0 Å². The minimum absolute atomic E-state index is 0.304. The largest absolute Gasteiger partial charge is 0.456 e. The Morgan fingerprint density at radius 1 is 1.00 bits per heavy atom. The number of halogens is 1. The fourth-order valence-corrected chi connectivity index (χ4v) is 3.43. The molecular formula is C14H21ClO7. The number of hydrogen-bond donors (Lipinski definition) is 1. The lowest BCUT2D eigenvalue weighted by Crippen LogP contribution is -2.62. The summed E-state index contributed by atoms with van der Waals surface area (Å²) in [5.41, 5.74) is 0. The standard InChI is InChI=1S/C14H21ClO7/c1-13(2)19-9-7(17)8(18-6(16)5-15)10-12(11(9)21-13)22-14(3,4)20-10/h7-12,17H,5H2,1-4H3/t7-,8-,9+,10+,11+,12+/m0/s1. The van der Waals surface area contributed by atoms with Crippen LogP contribution in [0.2, 0.25) is 0 Å². The maximum Gasteiger partial charge on any atom is 0.321 e. The van der Waals surface area contributed by atoms with E-state index in [1.807, 2.05) is 0 Å². The predicted molar refractivity (Wildman–Crippen MR) is 74.3 cm³/mol. The number of carbonyl (C=O) groups is 1. The van der Waals surface area contributed by atoms with Gasteiger partial charge in [-0.1, -0.05) is 0 Å². The molecule has 8 heteroatoms. The molecule has 0 unspecified atom stereocenters. The number of esters is 1. The molecule has 0 amide bonds. The highest BCUT2D eigenvalue weighted by Crippen LogP contribution is 2.45. The maximum absolute atomic E-state index is 11.6. The predicted octanol–water partition coefficient (Wildman–Crippen LogP) is 0.552. The molecule has 6 atom stereocenters. The normalized spacial score (nSPS) is 45.2. The lowest BCUT2D eigenvalue weighted by atomic mass is 9.85. The molecule has 7 nitrogen and oxygen atoms in total. The fourth-order valence-electron chi connectivity index (χ4n) is 3.36. The molecule has 0 aromatic heterocycles. The summed E-state index contributed by atoms with van der Waals surface area (Å²) in [6.07, 6.45) is -4.31. The van der Waals surface area contributed by atoms with E-state index in [-0.39, 0.29) is 5.88 Å². The smallest absolute Gasteiger partial charge is 0.321 e. The van der Waals surface area contributed by atoms with Gasteiger partial charge in [0.25, 0.3) is 0 Å². The van der Waals surface area contributed by atoms with Crippen molar-refractivity contribution in [3.63, 3.8) is 0 Å². The number of carbonyl (C=O) groups excluding carboxylic acids is 1. The van der Waals surface area contributed by atoms with Gasteiger partial charge in [0, 0.05) is 0 Å². The first-order valence-corrected chi connectivity index (χ1v) is 7.82. The Morgan fingerprint density at radius 3 is 2.00 bits per heavy atom. The number of aliphatic hydroxyl groups is 1. The summed E-state index contributed by atoms with van der Waals surface area (Å²) in [6.45, 7) is 7.03. The van der Waals surface area contributed by atoms with Gasteiger partial charge in [-0.15, -0.1) is 11.6 Å². The van der Waals surface area contributed by atoms with Crippen molar-refractivity contribution in [3.05, 3.63) is 0 Å². The summed E-state index contributed by atoms with van der Waals surface area (Å²) in [5, 5.41) is 10.6. The number of alkyl halides is 1. The van der Waals surface area contributed by atoms with Crippen LogP contribution in [0.3, 0.4) is 0 Å². The van der Waals surface area contributed by atoms with Gasteiger partial charge < -0.3 is 28.8 Å². The van der Waals surface area contributed by atoms with E-state index in [2.05, 4.69) is 0 Å². The van der Waals surface area contributed by atoms with Crippen LogP contribution in [0.1, 0.15) is 27.7 Å². The van der Waals surface area contributed by atoms with E-state index in [9.17, 15) is 9.90 Å². The van der Waals surface area contributed by atoms with Gasteiger partial charge in [0.05, 0.1) is 0 Å². The van der Waals surface area contributed by atoms with Gasteiger partial charge in [-0.3, -0.25) is 4.79 Å². The van der Waals surface area contributed by atoms with Crippen molar-refractivity contribution in [1.29, 1.82) is 0 Å². The fraction of sp³-hybridized carbons (Fsp3) is 0.929. The van der Waals surface area contributed by atoms with Crippen LogP contribution in [0.15, 0.2) is 0 Å². The molecule has 22 heavy (non-hydrogen) atoms. The summed E-state index contributed by atoms with van der Waals surface area (Å²) in [7, 11) is 0. The van der Waals surface area contributed by atoms with Crippen LogP contribution in [-0.2, 0) is 28.5 Å². The van der Waals surface area contributed by atoms with Crippen LogP contribution in [0, 0.1) is 0 Å². The van der Waals surface area contributed by atoms with Crippen LogP contribution in [0.4, 0.5) is 0 Å². The zero-order valence-electron chi connectivity index (χ0n) is 12.9. The average molecular weight is 337 g/mol. The first-order valence-electron chi connectivity index (χ1n) is 7.28. The van der Waals surface area contributed by atoms with Crippen molar-refractivity contribution < 1.29 is 33.6 Å². The third kappa shape index (κ3) is 2.74. The second-order valence-electron chi connectivity index (χ2n) is 6.71. The first kappa shape index (κ1) is 16.4. The third-order valence-electron chi connectivity index (χ3n) is 4.02. The van der Waals surface area contributed by atoms with E-state index >= 15 is 0 Å². The van der Waals surface area contributed by atoms with Crippen molar-refractivity contribution in [1.82, 2.24) is 0 Å². The summed E-state index contributed by atoms with van der Waals surface area (Å²) in [5.74, 6) is -2.66. The lowest BCUT2D eigenvalue weighted by molar-refractivity contribution is -0.197. The number of hydrogen-bond acceptors (Lipinski definition) is 7. The molecule has 0 spiro atoms. The molecule has 2 heterocycles. The summed E-state index contributed by atoms with van der Waals surface area (Å²) < 4.78 is 28.6.